The molecule has 3 aromatic heterocycles. The van der Waals surface area contributed by atoms with Crippen LogP contribution in [-0.4, -0.2) is 25.5 Å². The summed E-state index contributed by atoms with van der Waals surface area (Å²) in [6, 6.07) is 7.96. The van der Waals surface area contributed by atoms with E-state index in [1.807, 2.05) is 37.0 Å². The lowest BCUT2D eigenvalue weighted by Gasteiger charge is -2.07. The maximum atomic E-state index is 12.9. The van der Waals surface area contributed by atoms with Crippen molar-refractivity contribution < 1.29 is 9.21 Å². The predicted molar refractivity (Wildman–Crippen MR) is 105 cm³/mol. The summed E-state index contributed by atoms with van der Waals surface area (Å²) >= 11 is 0. The molecule has 0 N–H and O–H groups in total. The van der Waals surface area contributed by atoms with Crippen molar-refractivity contribution in [3.05, 3.63) is 65.4 Å². The molecular weight excluding hydrogens is 352 g/mol. The Morgan fingerprint density at radius 2 is 2.14 bits per heavy atom. The van der Waals surface area contributed by atoms with Gasteiger partial charge in [-0.2, -0.15) is 5.10 Å². The van der Waals surface area contributed by atoms with Crippen LogP contribution < -0.4 is 0 Å². The zero-order valence-corrected chi connectivity index (χ0v) is 15.8. The van der Waals surface area contributed by atoms with E-state index in [0.717, 1.165) is 27.7 Å². The maximum absolute atomic E-state index is 12.9. The van der Waals surface area contributed by atoms with Crippen LogP contribution >= 0.6 is 0 Å². The summed E-state index contributed by atoms with van der Waals surface area (Å²) in [6.07, 6.45) is 7.82. The normalized spacial score (nSPS) is 13.9. The lowest BCUT2D eigenvalue weighted by Crippen LogP contribution is -2.06. The van der Waals surface area contributed by atoms with Gasteiger partial charge in [-0.25, -0.2) is 4.98 Å². The van der Waals surface area contributed by atoms with Gasteiger partial charge in [-0.1, -0.05) is 0 Å². The van der Waals surface area contributed by atoms with Gasteiger partial charge in [-0.05, 0) is 61.1 Å². The Morgan fingerprint density at radius 1 is 1.29 bits per heavy atom. The number of hydrogen-bond acceptors (Lipinski definition) is 5. The van der Waals surface area contributed by atoms with Crippen LogP contribution in [0.4, 0.5) is 0 Å². The number of aromatic nitrogens is 4. The van der Waals surface area contributed by atoms with Crippen molar-refractivity contribution in [2.24, 2.45) is 7.05 Å². The lowest BCUT2D eigenvalue weighted by molar-refractivity contribution is 0.0988. The van der Waals surface area contributed by atoms with Crippen LogP contribution in [0.3, 0.4) is 0 Å². The van der Waals surface area contributed by atoms with Crippen LogP contribution in [0, 0.1) is 6.92 Å². The van der Waals surface area contributed by atoms with E-state index in [1.54, 1.807) is 6.20 Å². The minimum atomic E-state index is -0.0362. The Morgan fingerprint density at radius 3 is 2.93 bits per heavy atom. The molecule has 0 spiro atoms. The number of rotatable bonds is 5. The Bertz CT molecular complexity index is 1200. The Balaban J connectivity index is 1.45. The van der Waals surface area contributed by atoms with E-state index < -0.39 is 0 Å². The molecule has 1 saturated carbocycles. The number of hydrogen-bond donors (Lipinski definition) is 0. The first-order valence-corrected chi connectivity index (χ1v) is 9.45. The third kappa shape index (κ3) is 3.11. The van der Waals surface area contributed by atoms with Crippen LogP contribution in [0.5, 0.6) is 0 Å². The molecule has 140 valence electrons. The molecule has 0 bridgehead atoms. The molecule has 0 unspecified atom stereocenters. The van der Waals surface area contributed by atoms with Crippen LogP contribution in [0.2, 0.25) is 0 Å². The molecular formula is C22H20N4O2. The van der Waals surface area contributed by atoms with Gasteiger partial charge >= 0.3 is 0 Å². The van der Waals surface area contributed by atoms with E-state index in [-0.39, 0.29) is 5.78 Å². The molecule has 1 aliphatic carbocycles. The van der Waals surface area contributed by atoms with Crippen molar-refractivity contribution in [3.63, 3.8) is 0 Å². The van der Waals surface area contributed by atoms with Crippen LogP contribution in [0.15, 0.2) is 47.3 Å². The molecule has 0 aliphatic heterocycles. The van der Waals surface area contributed by atoms with Gasteiger partial charge in [-0.3, -0.25) is 14.5 Å². The zero-order chi connectivity index (χ0) is 19.3. The third-order valence-electron chi connectivity index (χ3n) is 5.18. The van der Waals surface area contributed by atoms with Crippen molar-refractivity contribution in [2.75, 3.05) is 0 Å². The largest absolute Gasteiger partial charge is 0.444 e. The molecule has 0 saturated heterocycles. The summed E-state index contributed by atoms with van der Waals surface area (Å²) < 4.78 is 7.37. The number of pyridine rings is 1. The summed E-state index contributed by atoms with van der Waals surface area (Å²) in [4.78, 5) is 21.5. The second-order valence-electron chi connectivity index (χ2n) is 7.51. The average molecular weight is 372 g/mol. The molecule has 1 fully saturated rings. The van der Waals surface area contributed by atoms with Crippen molar-refractivity contribution in [3.8, 4) is 11.5 Å². The molecule has 0 atom stereocenters. The first-order valence-electron chi connectivity index (χ1n) is 9.45. The summed E-state index contributed by atoms with van der Waals surface area (Å²) in [5.74, 6) is 0.951. The van der Waals surface area contributed by atoms with Gasteiger partial charge in [0, 0.05) is 42.5 Å². The Hall–Kier alpha value is -3.28. The fourth-order valence-electron chi connectivity index (χ4n) is 3.66. The van der Waals surface area contributed by atoms with Crippen molar-refractivity contribution in [1.29, 1.82) is 0 Å². The number of ketones is 1. The zero-order valence-electron chi connectivity index (χ0n) is 15.8. The minimum Gasteiger partial charge on any atom is -0.444 e. The number of Topliss-reactive ketones (excluding diaryl/α,β-unsaturated/α-hetero) is 1. The van der Waals surface area contributed by atoms with Crippen molar-refractivity contribution in [2.45, 2.75) is 32.1 Å². The number of carbonyl (C=O) groups excluding carboxylic acids is 1. The minimum absolute atomic E-state index is 0.0362. The first-order chi connectivity index (χ1) is 13.6. The van der Waals surface area contributed by atoms with Gasteiger partial charge in [-0.15, -0.1) is 0 Å². The number of carbonyl (C=O) groups is 1. The van der Waals surface area contributed by atoms with Gasteiger partial charge in [0.15, 0.2) is 5.78 Å². The molecule has 5 rings (SSSR count). The lowest BCUT2D eigenvalue weighted by atomic mass is 9.96. The highest BCUT2D eigenvalue weighted by Crippen LogP contribution is 2.43. The quantitative estimate of drug-likeness (QED) is 0.490. The molecule has 6 heteroatoms. The van der Waals surface area contributed by atoms with E-state index in [9.17, 15) is 4.79 Å². The molecule has 1 aromatic carbocycles. The molecule has 6 nitrogen and oxygen atoms in total. The van der Waals surface area contributed by atoms with E-state index in [4.69, 9.17) is 4.42 Å². The van der Waals surface area contributed by atoms with E-state index in [0.29, 0.717) is 23.9 Å². The number of fused-ring (bicyclic) bond motifs is 1. The smallest absolute Gasteiger partial charge is 0.226 e. The summed E-state index contributed by atoms with van der Waals surface area (Å²) in [5.41, 5.74) is 5.35. The average Bonchev–Trinajstić information content (AvgIpc) is 3.26. The molecule has 28 heavy (non-hydrogen) atoms. The SMILES string of the molecule is Cc1cc(-c2nc(C(=O)Cc3cc4cn(C)nc4cc3C3CC3)co2)ccn1. The maximum Gasteiger partial charge on any atom is 0.226 e. The van der Waals surface area contributed by atoms with Crippen molar-refractivity contribution >= 4 is 16.7 Å². The number of nitrogens with zero attached hydrogens (tertiary/aromatic N) is 4. The second-order valence-corrected chi connectivity index (χ2v) is 7.51. The van der Waals surface area contributed by atoms with Crippen molar-refractivity contribution in [1.82, 2.24) is 19.7 Å². The molecule has 4 aromatic rings. The highest BCUT2D eigenvalue weighted by molar-refractivity contribution is 5.96. The fraction of sp³-hybridized carbons (Fsp3) is 0.273. The van der Waals surface area contributed by atoms with E-state index >= 15 is 0 Å². The van der Waals surface area contributed by atoms with Gasteiger partial charge in [0.1, 0.15) is 12.0 Å². The molecule has 3 heterocycles. The van der Waals surface area contributed by atoms with Gasteiger partial charge in [0.05, 0.1) is 5.52 Å². The topological polar surface area (TPSA) is 73.8 Å². The highest BCUT2D eigenvalue weighted by Gasteiger charge is 2.28. The van der Waals surface area contributed by atoms with Crippen LogP contribution in [0.25, 0.3) is 22.4 Å². The fourth-order valence-corrected chi connectivity index (χ4v) is 3.66. The molecule has 0 radical (unpaired) electrons. The summed E-state index contributed by atoms with van der Waals surface area (Å²) in [7, 11) is 1.92. The summed E-state index contributed by atoms with van der Waals surface area (Å²) in [6.45, 7) is 1.91. The highest BCUT2D eigenvalue weighted by atomic mass is 16.3. The van der Waals surface area contributed by atoms with Gasteiger partial charge < -0.3 is 4.42 Å². The monoisotopic (exact) mass is 372 g/mol. The molecule has 1 aliphatic rings. The van der Waals surface area contributed by atoms with Crippen LogP contribution in [-0.2, 0) is 13.5 Å². The van der Waals surface area contributed by atoms with Gasteiger partial charge in [0.2, 0.25) is 5.89 Å². The second kappa shape index (κ2) is 6.41. The molecule has 0 amide bonds. The Kier molecular flexibility index (Phi) is 3.86. The number of aryl methyl sites for hydroxylation is 2. The Labute approximate surface area is 162 Å². The van der Waals surface area contributed by atoms with E-state index in [2.05, 4.69) is 27.2 Å². The number of benzene rings is 1. The number of oxazole rings is 1. The summed E-state index contributed by atoms with van der Waals surface area (Å²) in [5, 5.41) is 5.56. The standard InChI is InChI=1S/C22H20N4O2/c1-13-7-15(5-6-23-13)22-24-20(12-28-22)21(27)9-16-8-17-11-26(2)25-19(17)10-18(16)14-3-4-14/h5-8,10-12,14H,3-4,9H2,1-2H3. The van der Waals surface area contributed by atoms with Crippen LogP contribution in [0.1, 0.15) is 46.1 Å². The first kappa shape index (κ1) is 16.9. The van der Waals surface area contributed by atoms with Gasteiger partial charge in [0.25, 0.3) is 0 Å². The van der Waals surface area contributed by atoms with E-state index in [1.165, 1.54) is 24.7 Å². The predicted octanol–water partition coefficient (Wildman–Crippen LogP) is 4.23. The third-order valence-corrected chi connectivity index (χ3v) is 5.18.